The molecule has 0 amide bonds. The van der Waals surface area contributed by atoms with Crippen molar-refractivity contribution in [2.24, 2.45) is 0 Å². The van der Waals surface area contributed by atoms with Crippen molar-refractivity contribution in [1.82, 2.24) is 9.29 Å². The number of nitrogens with one attached hydrogen (secondary N) is 1. The molecule has 30 heavy (non-hydrogen) atoms. The lowest BCUT2D eigenvalue weighted by molar-refractivity contribution is 0.287. The fourth-order valence-electron chi connectivity index (χ4n) is 3.14. The van der Waals surface area contributed by atoms with Gasteiger partial charge in [-0.05, 0) is 63.6 Å². The SMILES string of the molecule is CCOc1ccc(CNS(=O)(=O)c2ccc3c(c2)sc(=O)n3C(C)C)cc1OCC. The maximum Gasteiger partial charge on any atom is 0.308 e. The van der Waals surface area contributed by atoms with Gasteiger partial charge in [-0.25, -0.2) is 13.1 Å². The van der Waals surface area contributed by atoms with Crippen LogP contribution in [0.5, 0.6) is 11.5 Å². The molecule has 9 heteroatoms. The molecular formula is C21H26N2O5S2. The number of ether oxygens (including phenoxy) is 2. The van der Waals surface area contributed by atoms with Gasteiger partial charge >= 0.3 is 4.87 Å². The molecule has 3 aromatic rings. The first-order chi connectivity index (χ1) is 14.3. The van der Waals surface area contributed by atoms with Crippen LogP contribution in [0.3, 0.4) is 0 Å². The second kappa shape index (κ2) is 9.20. The summed E-state index contributed by atoms with van der Waals surface area (Å²) < 4.78 is 41.7. The van der Waals surface area contributed by atoms with Gasteiger partial charge in [-0.15, -0.1) is 0 Å². The number of rotatable bonds is 9. The zero-order valence-corrected chi connectivity index (χ0v) is 19.1. The van der Waals surface area contributed by atoms with Gasteiger partial charge in [-0.1, -0.05) is 17.4 Å². The Morgan fingerprint density at radius 2 is 1.73 bits per heavy atom. The first-order valence-electron chi connectivity index (χ1n) is 9.80. The van der Waals surface area contributed by atoms with Crippen LogP contribution in [0.4, 0.5) is 0 Å². The Kier molecular flexibility index (Phi) is 6.84. The minimum Gasteiger partial charge on any atom is -0.490 e. The molecule has 3 rings (SSSR count). The normalized spacial score (nSPS) is 11.9. The van der Waals surface area contributed by atoms with E-state index < -0.39 is 10.0 Å². The van der Waals surface area contributed by atoms with E-state index in [-0.39, 0.29) is 22.4 Å². The number of benzene rings is 2. The van der Waals surface area contributed by atoms with Gasteiger partial charge in [0.05, 0.1) is 28.3 Å². The summed E-state index contributed by atoms with van der Waals surface area (Å²) >= 11 is 1.05. The number of hydrogen-bond acceptors (Lipinski definition) is 6. The Balaban J connectivity index is 1.83. The van der Waals surface area contributed by atoms with Crippen LogP contribution in [0.25, 0.3) is 10.2 Å². The first-order valence-corrected chi connectivity index (χ1v) is 12.1. The fraction of sp³-hybridized carbons (Fsp3) is 0.381. The highest BCUT2D eigenvalue weighted by Gasteiger charge is 2.18. The summed E-state index contributed by atoms with van der Waals surface area (Å²) in [5.74, 6) is 1.21. The van der Waals surface area contributed by atoms with E-state index in [0.717, 1.165) is 22.4 Å². The maximum atomic E-state index is 12.8. The van der Waals surface area contributed by atoms with Gasteiger partial charge in [0.15, 0.2) is 11.5 Å². The molecule has 1 aromatic heterocycles. The molecule has 0 spiro atoms. The Morgan fingerprint density at radius 1 is 1.03 bits per heavy atom. The summed E-state index contributed by atoms with van der Waals surface area (Å²) in [5.41, 5.74) is 1.49. The van der Waals surface area contributed by atoms with Crippen LogP contribution in [0.2, 0.25) is 0 Å². The number of aromatic nitrogens is 1. The Hall–Kier alpha value is -2.36. The predicted octanol–water partition coefficient (Wildman–Crippen LogP) is 3.92. The quantitative estimate of drug-likeness (QED) is 0.534. The average molecular weight is 451 g/mol. The molecule has 0 radical (unpaired) electrons. The van der Waals surface area contributed by atoms with Crippen molar-refractivity contribution < 1.29 is 17.9 Å². The monoisotopic (exact) mass is 450 g/mol. The van der Waals surface area contributed by atoms with E-state index in [1.165, 1.54) is 6.07 Å². The molecule has 1 N–H and O–H groups in total. The van der Waals surface area contributed by atoms with Gasteiger partial charge in [0.1, 0.15) is 0 Å². The molecule has 0 bridgehead atoms. The molecule has 0 aliphatic carbocycles. The third kappa shape index (κ3) is 4.69. The summed E-state index contributed by atoms with van der Waals surface area (Å²) in [6.07, 6.45) is 0. The topological polar surface area (TPSA) is 86.6 Å². The van der Waals surface area contributed by atoms with Crippen LogP contribution >= 0.6 is 11.3 Å². The molecule has 0 aliphatic rings. The second-order valence-corrected chi connectivity index (χ2v) is 9.69. The van der Waals surface area contributed by atoms with Gasteiger partial charge in [-0.3, -0.25) is 9.36 Å². The Bertz CT molecular complexity index is 1200. The van der Waals surface area contributed by atoms with Crippen molar-refractivity contribution in [3.8, 4) is 11.5 Å². The van der Waals surface area contributed by atoms with Crippen molar-refractivity contribution in [3.63, 3.8) is 0 Å². The van der Waals surface area contributed by atoms with Crippen LogP contribution in [0.1, 0.15) is 39.3 Å². The van der Waals surface area contributed by atoms with Gasteiger partial charge < -0.3 is 9.47 Å². The van der Waals surface area contributed by atoms with Crippen LogP contribution < -0.4 is 19.1 Å². The van der Waals surface area contributed by atoms with E-state index in [2.05, 4.69) is 4.72 Å². The zero-order chi connectivity index (χ0) is 21.9. The smallest absolute Gasteiger partial charge is 0.308 e. The summed E-state index contributed by atoms with van der Waals surface area (Å²) in [6, 6.07) is 10.1. The molecule has 1 heterocycles. The Labute approximate surface area is 180 Å². The highest BCUT2D eigenvalue weighted by atomic mass is 32.2. The molecule has 0 unspecified atom stereocenters. The standard InChI is InChI=1S/C21H26N2O5S2/c1-5-27-18-10-7-15(11-19(18)28-6-2)13-22-30(25,26)16-8-9-17-20(12-16)29-21(24)23(17)14(3)4/h7-12,14,22H,5-6,13H2,1-4H3. The summed E-state index contributed by atoms with van der Waals surface area (Å²) in [4.78, 5) is 12.2. The van der Waals surface area contributed by atoms with E-state index in [1.807, 2.05) is 27.7 Å². The van der Waals surface area contributed by atoms with E-state index in [9.17, 15) is 13.2 Å². The van der Waals surface area contributed by atoms with Gasteiger partial charge in [0.2, 0.25) is 10.0 Å². The molecule has 162 valence electrons. The zero-order valence-electron chi connectivity index (χ0n) is 17.5. The third-order valence-electron chi connectivity index (χ3n) is 4.49. The predicted molar refractivity (Wildman–Crippen MR) is 119 cm³/mol. The average Bonchev–Trinajstić information content (AvgIpc) is 3.03. The van der Waals surface area contributed by atoms with Crippen molar-refractivity contribution in [2.75, 3.05) is 13.2 Å². The van der Waals surface area contributed by atoms with Crippen LogP contribution in [0.15, 0.2) is 46.1 Å². The minimum absolute atomic E-state index is 0.00558. The summed E-state index contributed by atoms with van der Waals surface area (Å²) in [5, 5.41) is 0. The lowest BCUT2D eigenvalue weighted by atomic mass is 10.2. The number of thiazole rings is 1. The number of sulfonamides is 1. The molecule has 0 atom stereocenters. The van der Waals surface area contributed by atoms with Crippen molar-refractivity contribution in [3.05, 3.63) is 51.6 Å². The molecule has 0 saturated carbocycles. The van der Waals surface area contributed by atoms with Gasteiger partial charge in [0, 0.05) is 12.6 Å². The lowest BCUT2D eigenvalue weighted by Crippen LogP contribution is -2.23. The van der Waals surface area contributed by atoms with E-state index >= 15 is 0 Å². The Morgan fingerprint density at radius 3 is 2.40 bits per heavy atom. The first kappa shape index (κ1) is 22.3. The fourth-order valence-corrected chi connectivity index (χ4v) is 5.31. The summed E-state index contributed by atoms with van der Waals surface area (Å²) in [6.45, 7) is 8.71. The van der Waals surface area contributed by atoms with E-state index in [0.29, 0.717) is 29.4 Å². The summed E-state index contributed by atoms with van der Waals surface area (Å²) in [7, 11) is -3.75. The number of hydrogen-bond donors (Lipinski definition) is 1. The van der Waals surface area contributed by atoms with Crippen molar-refractivity contribution in [2.45, 2.75) is 45.2 Å². The molecule has 2 aromatic carbocycles. The van der Waals surface area contributed by atoms with Gasteiger partial charge in [0.25, 0.3) is 0 Å². The minimum atomic E-state index is -3.75. The second-order valence-electron chi connectivity index (χ2n) is 6.93. The van der Waals surface area contributed by atoms with Crippen LogP contribution in [-0.4, -0.2) is 26.2 Å². The highest BCUT2D eigenvalue weighted by Crippen LogP contribution is 2.29. The van der Waals surface area contributed by atoms with Crippen molar-refractivity contribution in [1.29, 1.82) is 0 Å². The van der Waals surface area contributed by atoms with Crippen molar-refractivity contribution >= 4 is 31.6 Å². The maximum absolute atomic E-state index is 12.8. The molecule has 0 aliphatic heterocycles. The molecular weight excluding hydrogens is 424 g/mol. The highest BCUT2D eigenvalue weighted by molar-refractivity contribution is 7.89. The lowest BCUT2D eigenvalue weighted by Gasteiger charge is -2.13. The van der Waals surface area contributed by atoms with Gasteiger partial charge in [-0.2, -0.15) is 0 Å². The van der Waals surface area contributed by atoms with E-state index in [1.54, 1.807) is 34.9 Å². The third-order valence-corrected chi connectivity index (χ3v) is 6.80. The van der Waals surface area contributed by atoms with Crippen LogP contribution in [0, 0.1) is 0 Å². The largest absolute Gasteiger partial charge is 0.490 e. The molecule has 0 fully saturated rings. The number of nitrogens with zero attached hydrogens (tertiary/aromatic N) is 1. The molecule has 0 saturated heterocycles. The molecule has 7 nitrogen and oxygen atoms in total. The number of fused-ring (bicyclic) bond motifs is 1. The van der Waals surface area contributed by atoms with Crippen LogP contribution in [-0.2, 0) is 16.6 Å². The van der Waals surface area contributed by atoms with E-state index in [4.69, 9.17) is 9.47 Å².